The summed E-state index contributed by atoms with van der Waals surface area (Å²) in [6.45, 7) is 24.3. The van der Waals surface area contributed by atoms with Crippen molar-refractivity contribution in [2.75, 3.05) is 0 Å². The summed E-state index contributed by atoms with van der Waals surface area (Å²) in [6.07, 6.45) is 6.52. The summed E-state index contributed by atoms with van der Waals surface area (Å²) >= 11 is 0. The van der Waals surface area contributed by atoms with Gasteiger partial charge in [-0.15, -0.1) is 0 Å². The minimum atomic E-state index is -0.215. The summed E-state index contributed by atoms with van der Waals surface area (Å²) in [7, 11) is 0. The lowest BCUT2D eigenvalue weighted by molar-refractivity contribution is 0.0732. The smallest absolute Gasteiger partial charge is 0.169 e. The van der Waals surface area contributed by atoms with Crippen molar-refractivity contribution < 1.29 is 4.79 Å². The Balaban J connectivity index is 1.43. The van der Waals surface area contributed by atoms with E-state index >= 15 is 0 Å². The molecular weight excluding hydrogens is 522 g/mol. The lowest BCUT2D eigenvalue weighted by Gasteiger charge is -2.38. The molecular formula is C41H49NO. The van der Waals surface area contributed by atoms with Crippen LogP contribution in [-0.2, 0) is 27.1 Å². The first-order valence-electron chi connectivity index (χ1n) is 16.8. The van der Waals surface area contributed by atoms with E-state index in [2.05, 4.69) is 111 Å². The Morgan fingerprint density at radius 2 is 1.09 bits per heavy atom. The van der Waals surface area contributed by atoms with E-state index in [0.717, 1.165) is 42.3 Å². The molecule has 2 nitrogen and oxygen atoms in total. The van der Waals surface area contributed by atoms with Gasteiger partial charge in [0.05, 0.1) is 0 Å². The van der Waals surface area contributed by atoms with Gasteiger partial charge in [0, 0.05) is 32.8 Å². The van der Waals surface area contributed by atoms with Crippen LogP contribution in [0.15, 0.2) is 36.4 Å². The summed E-state index contributed by atoms with van der Waals surface area (Å²) in [4.78, 5) is 17.6. The minimum Gasteiger partial charge on any atom is -0.354 e. The zero-order chi connectivity index (χ0) is 30.7. The molecule has 9 rings (SSSR count). The Morgan fingerprint density at radius 3 is 1.67 bits per heavy atom. The SMILES string of the molecule is CC12CCC(C)(CC1)c1cc3c(cc1C2=O)[nH]c1ccc(-c2c4c(cc5c2C(C)(C)CC5(C)C)C(C)(C)CC4(C)C)cc13. The monoisotopic (exact) mass is 571 g/mol. The van der Waals surface area contributed by atoms with Gasteiger partial charge in [-0.25, -0.2) is 0 Å². The fourth-order valence-electron chi connectivity index (χ4n) is 11.0. The van der Waals surface area contributed by atoms with Crippen LogP contribution < -0.4 is 0 Å². The topological polar surface area (TPSA) is 32.9 Å². The first-order valence-corrected chi connectivity index (χ1v) is 16.8. The number of hydrogen-bond acceptors (Lipinski definition) is 1. The fourth-order valence-corrected chi connectivity index (χ4v) is 11.0. The molecule has 224 valence electrons. The van der Waals surface area contributed by atoms with Crippen LogP contribution in [0.3, 0.4) is 0 Å². The van der Waals surface area contributed by atoms with E-state index in [1.807, 2.05) is 0 Å². The maximum absolute atomic E-state index is 13.9. The average Bonchev–Trinajstić information content (AvgIpc) is 3.39. The molecule has 0 saturated heterocycles. The highest BCUT2D eigenvalue weighted by molar-refractivity contribution is 6.13. The number of benzene rings is 3. The number of H-pyrrole nitrogens is 1. The molecule has 2 heteroatoms. The Bertz CT molecular complexity index is 1860. The maximum Gasteiger partial charge on any atom is 0.169 e. The van der Waals surface area contributed by atoms with Gasteiger partial charge < -0.3 is 4.98 Å². The zero-order valence-corrected chi connectivity index (χ0v) is 28.1. The molecule has 3 aromatic carbocycles. The van der Waals surface area contributed by atoms with Crippen molar-refractivity contribution >= 4 is 27.6 Å². The van der Waals surface area contributed by atoms with E-state index in [1.165, 1.54) is 40.3 Å². The number of nitrogens with one attached hydrogen (secondary N) is 1. The number of carbonyl (C=O) groups is 1. The first-order chi connectivity index (χ1) is 19.9. The van der Waals surface area contributed by atoms with Crippen molar-refractivity contribution in [3.63, 3.8) is 0 Å². The third-order valence-electron chi connectivity index (χ3n) is 12.8. The number of ketones is 1. The van der Waals surface area contributed by atoms with Crippen LogP contribution in [0.2, 0.25) is 0 Å². The highest BCUT2D eigenvalue weighted by Gasteiger charge is 2.51. The van der Waals surface area contributed by atoms with Gasteiger partial charge in [-0.1, -0.05) is 81.4 Å². The molecule has 0 amide bonds. The fraction of sp³-hybridized carbons (Fsp3) is 0.537. The summed E-state index contributed by atoms with van der Waals surface area (Å²) in [5.74, 6) is 0.357. The van der Waals surface area contributed by atoms with Gasteiger partial charge in [0.15, 0.2) is 5.78 Å². The number of carbonyl (C=O) groups excluding carboxylic acids is 1. The molecule has 2 bridgehead atoms. The molecule has 0 unspecified atom stereocenters. The molecule has 0 spiro atoms. The number of hydrogen-bond donors (Lipinski definition) is 1. The van der Waals surface area contributed by atoms with Crippen molar-refractivity contribution in [1.82, 2.24) is 4.98 Å². The molecule has 1 N–H and O–H groups in total. The van der Waals surface area contributed by atoms with Crippen LogP contribution >= 0.6 is 0 Å². The highest BCUT2D eigenvalue weighted by atomic mass is 16.1. The molecule has 5 aliphatic rings. The van der Waals surface area contributed by atoms with Gasteiger partial charge in [0.25, 0.3) is 0 Å². The summed E-state index contributed by atoms with van der Waals surface area (Å²) in [5.41, 5.74) is 13.9. The van der Waals surface area contributed by atoms with E-state index in [-0.39, 0.29) is 32.5 Å². The van der Waals surface area contributed by atoms with Gasteiger partial charge in [-0.3, -0.25) is 4.79 Å². The molecule has 1 aromatic heterocycles. The lowest BCUT2D eigenvalue weighted by atomic mass is 9.65. The number of aromatic nitrogens is 1. The molecule has 1 saturated carbocycles. The predicted octanol–water partition coefficient (Wildman–Crippen LogP) is 10.9. The molecule has 4 aromatic rings. The molecule has 1 heterocycles. The second-order valence-corrected chi connectivity index (χ2v) is 18.3. The van der Waals surface area contributed by atoms with E-state index in [1.54, 1.807) is 22.3 Å². The van der Waals surface area contributed by atoms with E-state index < -0.39 is 0 Å². The normalized spacial score (nSPS) is 29.1. The standard InChI is InChI=1S/C41H49NO/c1-36(2)21-38(5,6)33-28(36)20-29-34(39(7,8)22-37(29,3)4)32(33)23-11-12-30-24(17-23)25-18-27-26(19-31(25)42-30)35(43)41(10)15-13-40(27,9)14-16-41/h11-12,17-20,42H,13-16,21-22H2,1-10H3. The largest absolute Gasteiger partial charge is 0.354 e. The summed E-state index contributed by atoms with van der Waals surface area (Å²) in [5, 5.41) is 2.55. The van der Waals surface area contributed by atoms with Gasteiger partial charge in [-0.2, -0.15) is 0 Å². The first kappa shape index (κ1) is 27.7. The number of aromatic amines is 1. The number of rotatable bonds is 1. The van der Waals surface area contributed by atoms with Crippen molar-refractivity contribution in [1.29, 1.82) is 0 Å². The quantitative estimate of drug-likeness (QED) is 0.242. The Hall–Kier alpha value is -2.87. The molecule has 0 atom stereocenters. The summed E-state index contributed by atoms with van der Waals surface area (Å²) < 4.78 is 0. The van der Waals surface area contributed by atoms with Crippen molar-refractivity contribution in [2.45, 2.75) is 135 Å². The summed E-state index contributed by atoms with van der Waals surface area (Å²) in [6, 6.07) is 14.4. The van der Waals surface area contributed by atoms with Crippen LogP contribution in [0.1, 0.15) is 146 Å². The number of fused-ring (bicyclic) bond motifs is 7. The second kappa shape index (κ2) is 7.85. The maximum atomic E-state index is 13.9. The Labute approximate surface area is 258 Å². The van der Waals surface area contributed by atoms with Crippen molar-refractivity contribution in [3.05, 3.63) is 69.8 Å². The van der Waals surface area contributed by atoms with E-state index in [4.69, 9.17) is 0 Å². The van der Waals surface area contributed by atoms with E-state index in [9.17, 15) is 4.79 Å². The zero-order valence-electron chi connectivity index (χ0n) is 28.1. The van der Waals surface area contributed by atoms with E-state index in [0.29, 0.717) is 5.78 Å². The van der Waals surface area contributed by atoms with Crippen LogP contribution in [0, 0.1) is 5.41 Å². The van der Waals surface area contributed by atoms with Crippen LogP contribution in [0.5, 0.6) is 0 Å². The van der Waals surface area contributed by atoms with Crippen molar-refractivity contribution in [3.8, 4) is 11.1 Å². The van der Waals surface area contributed by atoms with Crippen LogP contribution in [0.4, 0.5) is 0 Å². The third-order valence-corrected chi connectivity index (χ3v) is 12.8. The van der Waals surface area contributed by atoms with Crippen LogP contribution in [0.25, 0.3) is 32.9 Å². The number of Topliss-reactive ketones (excluding diaryl/α,β-unsaturated/α-hetero) is 1. The predicted molar refractivity (Wildman–Crippen MR) is 181 cm³/mol. The molecule has 0 aliphatic heterocycles. The van der Waals surface area contributed by atoms with Gasteiger partial charge in [-0.05, 0) is 129 Å². The van der Waals surface area contributed by atoms with Gasteiger partial charge in [0.1, 0.15) is 0 Å². The molecule has 5 aliphatic carbocycles. The molecule has 43 heavy (non-hydrogen) atoms. The second-order valence-electron chi connectivity index (χ2n) is 18.3. The minimum absolute atomic E-state index is 0.0721. The van der Waals surface area contributed by atoms with Crippen molar-refractivity contribution in [2.24, 2.45) is 5.41 Å². The highest BCUT2D eigenvalue weighted by Crippen LogP contribution is 2.61. The Kier molecular flexibility index (Phi) is 5.05. The van der Waals surface area contributed by atoms with Gasteiger partial charge >= 0.3 is 0 Å². The molecule has 1 fully saturated rings. The van der Waals surface area contributed by atoms with Gasteiger partial charge in [0.2, 0.25) is 0 Å². The molecule has 0 radical (unpaired) electrons. The van der Waals surface area contributed by atoms with Crippen LogP contribution in [-0.4, -0.2) is 10.8 Å². The third kappa shape index (κ3) is 3.50. The Morgan fingerprint density at radius 1 is 0.558 bits per heavy atom. The average molecular weight is 572 g/mol. The lowest BCUT2D eigenvalue weighted by Crippen LogP contribution is -2.33.